The Balaban J connectivity index is 3.34. The molecule has 0 saturated carbocycles. The highest BCUT2D eigenvalue weighted by Crippen LogP contribution is 1.95. The topological polar surface area (TPSA) is 40.1 Å². The number of hydrogen-bond acceptors (Lipinski definition) is 2. The number of carbonyl (C=O) groups is 1. The van der Waals surface area contributed by atoms with Crippen molar-refractivity contribution in [3.05, 3.63) is 0 Å². The maximum atomic E-state index is 9.79. The Hall–Kier alpha value is -0.0500. The minimum Gasteiger partial charge on any atom is -0.550 e. The Labute approximate surface area is 50.7 Å². The third kappa shape index (κ3) is 2.62. The highest BCUT2D eigenvalue weighted by Gasteiger charge is 1.96. The van der Waals surface area contributed by atoms with Gasteiger partial charge < -0.3 is 9.90 Å². The van der Waals surface area contributed by atoms with E-state index in [4.69, 9.17) is 0 Å². The smallest absolute Gasteiger partial charge is 0.0450 e. The summed E-state index contributed by atoms with van der Waals surface area (Å²) in [4.78, 5) is 9.79. The van der Waals surface area contributed by atoms with Crippen LogP contribution in [0.1, 0.15) is 6.92 Å². The Morgan fingerprint density at radius 1 is 2.00 bits per heavy atom. The molecule has 0 N–H and O–H groups in total. The summed E-state index contributed by atoms with van der Waals surface area (Å²) < 4.78 is 0. The zero-order chi connectivity index (χ0) is 5.86. The van der Waals surface area contributed by atoms with Crippen LogP contribution in [0.2, 0.25) is 0 Å². The van der Waals surface area contributed by atoms with Crippen LogP contribution < -0.4 is 5.11 Å². The van der Waals surface area contributed by atoms with Crippen LogP contribution in [0.4, 0.5) is 0 Å². The monoisotopic (exact) mass is 165 g/mol. The van der Waals surface area contributed by atoms with Crippen LogP contribution >= 0.6 is 15.9 Å². The largest absolute Gasteiger partial charge is 0.550 e. The van der Waals surface area contributed by atoms with Crippen LogP contribution in [0, 0.1) is 5.92 Å². The Morgan fingerprint density at radius 3 is 2.43 bits per heavy atom. The first-order valence-corrected chi connectivity index (χ1v) is 3.07. The number of hydrogen-bond donors (Lipinski definition) is 0. The molecular formula is C4H6BrO2-. The fourth-order valence-electron chi connectivity index (χ4n) is 0.0630. The number of halogens is 1. The molecule has 0 saturated heterocycles. The first-order chi connectivity index (χ1) is 3.18. The van der Waals surface area contributed by atoms with Crippen molar-refractivity contribution in [2.24, 2.45) is 5.92 Å². The predicted molar refractivity (Wildman–Crippen MR) is 28.0 cm³/mol. The molecule has 0 aromatic heterocycles. The normalized spacial score (nSPS) is 13.4. The summed E-state index contributed by atoms with van der Waals surface area (Å²) in [5.41, 5.74) is 0. The van der Waals surface area contributed by atoms with Crippen molar-refractivity contribution in [1.82, 2.24) is 0 Å². The molecule has 0 fully saturated rings. The molecule has 0 spiro atoms. The molecule has 0 aliphatic rings. The number of carbonyl (C=O) groups excluding carboxylic acids is 1. The molecule has 0 aromatic rings. The number of aliphatic carboxylic acids is 1. The molecule has 7 heavy (non-hydrogen) atoms. The van der Waals surface area contributed by atoms with Crippen LogP contribution in [0.5, 0.6) is 0 Å². The molecule has 0 heterocycles. The second-order valence-electron chi connectivity index (χ2n) is 1.37. The van der Waals surface area contributed by atoms with Gasteiger partial charge in [-0.2, -0.15) is 0 Å². The van der Waals surface area contributed by atoms with Crippen molar-refractivity contribution in [3.8, 4) is 0 Å². The molecular weight excluding hydrogens is 160 g/mol. The van der Waals surface area contributed by atoms with E-state index in [1.54, 1.807) is 6.92 Å². The van der Waals surface area contributed by atoms with Gasteiger partial charge in [0.05, 0.1) is 0 Å². The van der Waals surface area contributed by atoms with Crippen LogP contribution in [0.25, 0.3) is 0 Å². The molecule has 0 bridgehead atoms. The molecule has 3 heteroatoms. The molecule has 0 unspecified atom stereocenters. The number of rotatable bonds is 2. The minimum atomic E-state index is -1.00. The summed E-state index contributed by atoms with van der Waals surface area (Å²) in [6.07, 6.45) is 0. The van der Waals surface area contributed by atoms with E-state index in [1.165, 1.54) is 0 Å². The van der Waals surface area contributed by atoms with Crippen LogP contribution in [0.15, 0.2) is 0 Å². The van der Waals surface area contributed by atoms with Gasteiger partial charge in [0.2, 0.25) is 0 Å². The summed E-state index contributed by atoms with van der Waals surface area (Å²) in [5, 5.41) is 10.3. The van der Waals surface area contributed by atoms with Gasteiger partial charge in [-0.05, 0) is 0 Å². The predicted octanol–water partition coefficient (Wildman–Crippen LogP) is -0.233. The lowest BCUT2D eigenvalue weighted by atomic mass is 10.2. The van der Waals surface area contributed by atoms with Crippen molar-refractivity contribution >= 4 is 21.9 Å². The van der Waals surface area contributed by atoms with Crippen LogP contribution in [0.3, 0.4) is 0 Å². The lowest BCUT2D eigenvalue weighted by Crippen LogP contribution is -2.30. The summed E-state index contributed by atoms with van der Waals surface area (Å²) in [7, 11) is 0. The Kier molecular flexibility index (Phi) is 3.00. The quantitative estimate of drug-likeness (QED) is 0.531. The molecule has 0 aliphatic heterocycles. The average Bonchev–Trinajstić information content (AvgIpc) is 1.65. The molecule has 0 aromatic carbocycles. The first-order valence-electron chi connectivity index (χ1n) is 1.95. The van der Waals surface area contributed by atoms with Crippen molar-refractivity contribution in [3.63, 3.8) is 0 Å². The standard InChI is InChI=1S/C4H7BrO2/c1-3(2-5)4(6)7/h3H,2H2,1H3,(H,6,7)/p-1/t3-/m0/s1. The van der Waals surface area contributed by atoms with Gasteiger partial charge in [0.15, 0.2) is 0 Å². The second-order valence-corrected chi connectivity index (χ2v) is 2.02. The van der Waals surface area contributed by atoms with Gasteiger partial charge in [-0.1, -0.05) is 22.9 Å². The number of alkyl halides is 1. The second kappa shape index (κ2) is 3.02. The van der Waals surface area contributed by atoms with Crippen molar-refractivity contribution in [2.45, 2.75) is 6.92 Å². The average molecular weight is 166 g/mol. The molecule has 0 rings (SSSR count). The molecule has 0 radical (unpaired) electrons. The van der Waals surface area contributed by atoms with Crippen molar-refractivity contribution in [2.75, 3.05) is 5.33 Å². The van der Waals surface area contributed by atoms with Gasteiger partial charge in [-0.25, -0.2) is 0 Å². The molecule has 1 atom stereocenters. The minimum absolute atomic E-state index is 0.375. The van der Waals surface area contributed by atoms with Crippen molar-refractivity contribution in [1.29, 1.82) is 0 Å². The number of carboxylic acid groups (broad SMARTS) is 1. The number of carboxylic acids is 1. The van der Waals surface area contributed by atoms with E-state index in [1.807, 2.05) is 0 Å². The summed E-state index contributed by atoms with van der Waals surface area (Å²) in [5.74, 6) is -1.38. The highest BCUT2D eigenvalue weighted by molar-refractivity contribution is 9.09. The van der Waals surface area contributed by atoms with E-state index in [9.17, 15) is 9.90 Å². The highest BCUT2D eigenvalue weighted by atomic mass is 79.9. The Bertz CT molecular complexity index is 72.1. The van der Waals surface area contributed by atoms with Crippen LogP contribution in [-0.4, -0.2) is 11.3 Å². The van der Waals surface area contributed by atoms with Crippen LogP contribution in [-0.2, 0) is 4.79 Å². The van der Waals surface area contributed by atoms with Gasteiger partial charge in [0.1, 0.15) is 0 Å². The SMILES string of the molecule is C[C@@H](CBr)C(=O)[O-]. The molecule has 0 amide bonds. The van der Waals surface area contributed by atoms with E-state index in [0.29, 0.717) is 5.33 Å². The maximum absolute atomic E-state index is 9.79. The van der Waals surface area contributed by atoms with Gasteiger partial charge in [-0.15, -0.1) is 0 Å². The van der Waals surface area contributed by atoms with E-state index < -0.39 is 5.97 Å². The third-order valence-electron chi connectivity index (χ3n) is 0.634. The fraction of sp³-hybridized carbons (Fsp3) is 0.750. The first kappa shape index (κ1) is 6.95. The lowest BCUT2D eigenvalue weighted by molar-refractivity contribution is -0.310. The maximum Gasteiger partial charge on any atom is 0.0450 e. The van der Waals surface area contributed by atoms with Crippen molar-refractivity contribution < 1.29 is 9.90 Å². The Morgan fingerprint density at radius 2 is 2.43 bits per heavy atom. The van der Waals surface area contributed by atoms with Gasteiger partial charge in [-0.3, -0.25) is 0 Å². The van der Waals surface area contributed by atoms with E-state index in [2.05, 4.69) is 15.9 Å². The van der Waals surface area contributed by atoms with Gasteiger partial charge in [0, 0.05) is 17.2 Å². The summed E-state index contributed by atoms with van der Waals surface area (Å²) >= 11 is 2.99. The summed E-state index contributed by atoms with van der Waals surface area (Å²) in [6.45, 7) is 1.59. The van der Waals surface area contributed by atoms with E-state index in [0.717, 1.165) is 0 Å². The summed E-state index contributed by atoms with van der Waals surface area (Å²) in [6, 6.07) is 0. The molecule has 0 aliphatic carbocycles. The van der Waals surface area contributed by atoms with Gasteiger partial charge in [0.25, 0.3) is 0 Å². The van der Waals surface area contributed by atoms with E-state index >= 15 is 0 Å². The molecule has 42 valence electrons. The van der Waals surface area contributed by atoms with Gasteiger partial charge >= 0.3 is 0 Å². The zero-order valence-electron chi connectivity index (χ0n) is 3.98. The molecule has 2 nitrogen and oxygen atoms in total. The fourth-order valence-corrected chi connectivity index (χ4v) is 0.327. The van der Waals surface area contributed by atoms with E-state index in [-0.39, 0.29) is 5.92 Å². The third-order valence-corrected chi connectivity index (χ3v) is 1.61. The lowest BCUT2D eigenvalue weighted by Gasteiger charge is -2.05. The zero-order valence-corrected chi connectivity index (χ0v) is 5.56.